The van der Waals surface area contributed by atoms with Gasteiger partial charge in [0.05, 0.1) is 0 Å². The van der Waals surface area contributed by atoms with Crippen LogP contribution in [0.25, 0.3) is 0 Å². The Bertz CT molecular complexity index is 813. The third-order valence-electron chi connectivity index (χ3n) is 3.71. The lowest BCUT2D eigenvalue weighted by Gasteiger charge is -2.10. The fourth-order valence-corrected chi connectivity index (χ4v) is 2.25. The maximum Gasteiger partial charge on any atom is 0.262 e. The average Bonchev–Trinajstić information content (AvgIpc) is 2.65. The van der Waals surface area contributed by atoms with Gasteiger partial charge >= 0.3 is 0 Å². The van der Waals surface area contributed by atoms with E-state index in [-0.39, 0.29) is 24.2 Å². The molecule has 0 saturated heterocycles. The number of carbonyl (C=O) groups excluding carboxylic acids is 3. The van der Waals surface area contributed by atoms with Crippen molar-refractivity contribution in [3.63, 3.8) is 0 Å². The van der Waals surface area contributed by atoms with Crippen LogP contribution >= 0.6 is 0 Å². The van der Waals surface area contributed by atoms with Gasteiger partial charge in [-0.15, -0.1) is 0 Å². The van der Waals surface area contributed by atoms with E-state index in [1.165, 1.54) is 6.92 Å². The number of ketones is 1. The molecule has 0 spiro atoms. The van der Waals surface area contributed by atoms with E-state index in [9.17, 15) is 14.4 Å². The molecule has 0 radical (unpaired) electrons. The van der Waals surface area contributed by atoms with Gasteiger partial charge in [-0.25, -0.2) is 0 Å². The number of anilines is 1. The van der Waals surface area contributed by atoms with Gasteiger partial charge in [-0.3, -0.25) is 14.4 Å². The van der Waals surface area contributed by atoms with Gasteiger partial charge in [0.25, 0.3) is 11.8 Å². The van der Waals surface area contributed by atoms with Crippen LogP contribution in [0.4, 0.5) is 5.69 Å². The zero-order valence-corrected chi connectivity index (χ0v) is 15.7. The fourth-order valence-electron chi connectivity index (χ4n) is 2.25. The van der Waals surface area contributed by atoms with E-state index >= 15 is 0 Å². The number of rotatable bonds is 8. The van der Waals surface area contributed by atoms with Crippen molar-refractivity contribution in [3.8, 4) is 5.75 Å². The summed E-state index contributed by atoms with van der Waals surface area (Å²) in [5.74, 6) is 0.289. The Balaban J connectivity index is 1.86. The smallest absolute Gasteiger partial charge is 0.262 e. The highest BCUT2D eigenvalue weighted by atomic mass is 16.5. The van der Waals surface area contributed by atoms with Crippen molar-refractivity contribution in [1.29, 1.82) is 0 Å². The first kappa shape index (κ1) is 20.2. The summed E-state index contributed by atoms with van der Waals surface area (Å²) in [6, 6.07) is 13.3. The highest BCUT2D eigenvalue weighted by Crippen LogP contribution is 2.14. The third-order valence-corrected chi connectivity index (χ3v) is 3.71. The van der Waals surface area contributed by atoms with E-state index in [0.29, 0.717) is 35.0 Å². The normalized spacial score (nSPS) is 10.4. The number of hydrogen-bond acceptors (Lipinski definition) is 4. The molecule has 0 aliphatic rings. The Kier molecular flexibility index (Phi) is 7.11. The minimum absolute atomic E-state index is 0.0672. The molecule has 27 heavy (non-hydrogen) atoms. The maximum atomic E-state index is 12.0. The van der Waals surface area contributed by atoms with Crippen molar-refractivity contribution in [3.05, 3.63) is 59.7 Å². The van der Waals surface area contributed by atoms with Crippen molar-refractivity contribution in [2.75, 3.05) is 18.5 Å². The lowest BCUT2D eigenvalue weighted by atomic mass is 10.1. The fraction of sp³-hybridized carbons (Fsp3) is 0.286. The van der Waals surface area contributed by atoms with Crippen LogP contribution in [0.3, 0.4) is 0 Å². The molecule has 0 atom stereocenters. The number of amides is 2. The molecule has 0 fully saturated rings. The summed E-state index contributed by atoms with van der Waals surface area (Å²) in [5.41, 5.74) is 1.63. The standard InChI is InChI=1S/C21H24N2O4/c1-14(2)12-22-21(26)16-7-9-18(10-8-16)23-20(25)13-27-19-6-4-5-17(11-19)15(3)24/h4-11,14H,12-13H2,1-3H3,(H,22,26)(H,23,25). The summed E-state index contributed by atoms with van der Waals surface area (Å²) < 4.78 is 5.42. The van der Waals surface area contributed by atoms with E-state index in [1.54, 1.807) is 48.5 Å². The second kappa shape index (κ2) is 9.52. The van der Waals surface area contributed by atoms with Gasteiger partial charge in [0, 0.05) is 23.4 Å². The van der Waals surface area contributed by atoms with Crippen molar-refractivity contribution in [2.24, 2.45) is 5.92 Å². The molecule has 0 aliphatic heterocycles. The highest BCUT2D eigenvalue weighted by Gasteiger charge is 2.08. The first-order valence-corrected chi connectivity index (χ1v) is 8.77. The molecule has 0 unspecified atom stereocenters. The van der Waals surface area contributed by atoms with E-state index < -0.39 is 0 Å². The van der Waals surface area contributed by atoms with Crippen molar-refractivity contribution in [1.82, 2.24) is 5.32 Å². The van der Waals surface area contributed by atoms with E-state index in [1.807, 2.05) is 13.8 Å². The van der Waals surface area contributed by atoms with Crippen LogP contribution in [0.5, 0.6) is 5.75 Å². The Labute approximate surface area is 158 Å². The number of Topliss-reactive ketones (excluding diaryl/α,β-unsaturated/α-hetero) is 1. The topological polar surface area (TPSA) is 84.5 Å². The minimum Gasteiger partial charge on any atom is -0.484 e. The predicted octanol–water partition coefficient (Wildman–Crippen LogP) is 3.29. The second-order valence-corrected chi connectivity index (χ2v) is 6.60. The molecular formula is C21H24N2O4. The average molecular weight is 368 g/mol. The third kappa shape index (κ3) is 6.58. The van der Waals surface area contributed by atoms with Crippen molar-refractivity contribution in [2.45, 2.75) is 20.8 Å². The molecule has 2 aromatic carbocycles. The summed E-state index contributed by atoms with van der Waals surface area (Å²) in [6.45, 7) is 5.95. The molecule has 0 heterocycles. The molecule has 0 saturated carbocycles. The summed E-state index contributed by atoms with van der Waals surface area (Å²) in [5, 5.41) is 5.54. The lowest BCUT2D eigenvalue weighted by Crippen LogP contribution is -2.27. The monoisotopic (exact) mass is 368 g/mol. The van der Waals surface area contributed by atoms with Crippen LogP contribution in [0.15, 0.2) is 48.5 Å². The molecular weight excluding hydrogens is 344 g/mol. The molecule has 2 amide bonds. The van der Waals surface area contributed by atoms with Gasteiger partial charge in [0.15, 0.2) is 12.4 Å². The Morgan fingerprint density at radius 3 is 2.33 bits per heavy atom. The molecule has 0 bridgehead atoms. The number of nitrogens with one attached hydrogen (secondary N) is 2. The Morgan fingerprint density at radius 2 is 1.70 bits per heavy atom. The SMILES string of the molecule is CC(=O)c1cccc(OCC(=O)Nc2ccc(C(=O)NCC(C)C)cc2)c1. The number of hydrogen-bond donors (Lipinski definition) is 2. The van der Waals surface area contributed by atoms with E-state index in [2.05, 4.69) is 10.6 Å². The second-order valence-electron chi connectivity index (χ2n) is 6.60. The van der Waals surface area contributed by atoms with Gasteiger partial charge in [-0.2, -0.15) is 0 Å². The Hall–Kier alpha value is -3.15. The zero-order valence-electron chi connectivity index (χ0n) is 15.7. The summed E-state index contributed by atoms with van der Waals surface area (Å²) >= 11 is 0. The number of ether oxygens (including phenoxy) is 1. The molecule has 2 aromatic rings. The molecule has 2 rings (SSSR count). The first-order chi connectivity index (χ1) is 12.8. The van der Waals surface area contributed by atoms with Crippen LogP contribution in [0, 0.1) is 5.92 Å². The quantitative estimate of drug-likeness (QED) is 0.700. The van der Waals surface area contributed by atoms with Crippen LogP contribution < -0.4 is 15.4 Å². The summed E-state index contributed by atoms with van der Waals surface area (Å²) in [7, 11) is 0. The van der Waals surface area contributed by atoms with Gasteiger partial charge in [-0.1, -0.05) is 26.0 Å². The minimum atomic E-state index is -0.333. The van der Waals surface area contributed by atoms with Gasteiger partial charge in [0.2, 0.25) is 0 Å². The molecule has 142 valence electrons. The molecule has 0 aromatic heterocycles. The van der Waals surface area contributed by atoms with Gasteiger partial charge < -0.3 is 15.4 Å². The van der Waals surface area contributed by atoms with Gasteiger partial charge in [0.1, 0.15) is 5.75 Å². The molecule has 2 N–H and O–H groups in total. The van der Waals surface area contributed by atoms with Crippen LogP contribution in [-0.2, 0) is 4.79 Å². The van der Waals surface area contributed by atoms with Gasteiger partial charge in [-0.05, 0) is 49.2 Å². The highest BCUT2D eigenvalue weighted by molar-refractivity contribution is 5.96. The van der Waals surface area contributed by atoms with Crippen LogP contribution in [0.1, 0.15) is 41.5 Å². The van der Waals surface area contributed by atoms with E-state index in [4.69, 9.17) is 4.74 Å². The van der Waals surface area contributed by atoms with E-state index in [0.717, 1.165) is 0 Å². The summed E-state index contributed by atoms with van der Waals surface area (Å²) in [4.78, 5) is 35.4. The lowest BCUT2D eigenvalue weighted by molar-refractivity contribution is -0.118. The largest absolute Gasteiger partial charge is 0.484 e. The van der Waals surface area contributed by atoms with Crippen LogP contribution in [0.2, 0.25) is 0 Å². The summed E-state index contributed by atoms with van der Waals surface area (Å²) in [6.07, 6.45) is 0. The Morgan fingerprint density at radius 1 is 1.00 bits per heavy atom. The first-order valence-electron chi connectivity index (χ1n) is 8.77. The number of carbonyl (C=O) groups is 3. The zero-order chi connectivity index (χ0) is 19.8. The van der Waals surface area contributed by atoms with Crippen LogP contribution in [-0.4, -0.2) is 30.7 Å². The van der Waals surface area contributed by atoms with Crippen molar-refractivity contribution < 1.29 is 19.1 Å². The number of benzene rings is 2. The predicted molar refractivity (Wildman–Crippen MR) is 104 cm³/mol. The maximum absolute atomic E-state index is 12.0. The molecule has 0 aliphatic carbocycles. The molecule has 6 nitrogen and oxygen atoms in total. The van der Waals surface area contributed by atoms with Crippen molar-refractivity contribution >= 4 is 23.3 Å². The molecule has 6 heteroatoms.